The topological polar surface area (TPSA) is 80.4 Å². The van der Waals surface area contributed by atoms with Gasteiger partial charge in [-0.2, -0.15) is 0 Å². The lowest BCUT2D eigenvalue weighted by molar-refractivity contribution is 0.0615. The summed E-state index contributed by atoms with van der Waals surface area (Å²) in [5, 5.41) is 12.4. The summed E-state index contributed by atoms with van der Waals surface area (Å²) in [6.45, 7) is 1.01. The van der Waals surface area contributed by atoms with Crippen LogP contribution in [0.3, 0.4) is 0 Å². The molecule has 0 aromatic carbocycles. The summed E-state index contributed by atoms with van der Waals surface area (Å²) < 4.78 is 4.81. The number of nitrogens with zero attached hydrogens (tertiary/aromatic N) is 1. The number of pyridine rings is 1. The summed E-state index contributed by atoms with van der Waals surface area (Å²) in [7, 11) is 1.57. The highest BCUT2D eigenvalue weighted by atomic mass is 16.5. The van der Waals surface area contributed by atoms with Crippen LogP contribution in [0.1, 0.15) is 6.42 Å². The van der Waals surface area contributed by atoms with Crippen LogP contribution >= 0.6 is 0 Å². The van der Waals surface area contributed by atoms with Crippen molar-refractivity contribution in [2.45, 2.75) is 12.5 Å². The molecule has 1 heterocycles. The summed E-state index contributed by atoms with van der Waals surface area (Å²) in [4.78, 5) is 4.07. The molecule has 15 heavy (non-hydrogen) atoms. The fourth-order valence-corrected chi connectivity index (χ4v) is 1.15. The van der Waals surface area contributed by atoms with Gasteiger partial charge in [-0.05, 0) is 18.6 Å². The van der Waals surface area contributed by atoms with Gasteiger partial charge in [0.2, 0.25) is 0 Å². The van der Waals surface area contributed by atoms with Crippen LogP contribution in [0, 0.1) is 0 Å². The van der Waals surface area contributed by atoms with Gasteiger partial charge < -0.3 is 20.9 Å². The highest BCUT2D eigenvalue weighted by molar-refractivity contribution is 5.43. The second-order valence-electron chi connectivity index (χ2n) is 3.30. The van der Waals surface area contributed by atoms with Gasteiger partial charge in [-0.1, -0.05) is 0 Å². The van der Waals surface area contributed by atoms with Crippen molar-refractivity contribution in [2.24, 2.45) is 0 Å². The Bertz CT molecular complexity index is 277. The van der Waals surface area contributed by atoms with E-state index in [2.05, 4.69) is 10.3 Å². The van der Waals surface area contributed by atoms with Crippen molar-refractivity contribution in [3.63, 3.8) is 0 Å². The Morgan fingerprint density at radius 1 is 1.60 bits per heavy atom. The van der Waals surface area contributed by atoms with Gasteiger partial charge in [-0.3, -0.25) is 0 Å². The van der Waals surface area contributed by atoms with Gasteiger partial charge in [0.05, 0.1) is 24.6 Å². The average molecular weight is 211 g/mol. The van der Waals surface area contributed by atoms with E-state index in [0.717, 1.165) is 5.82 Å². The summed E-state index contributed by atoms with van der Waals surface area (Å²) in [5.41, 5.74) is 6.14. The third kappa shape index (κ3) is 4.62. The first-order chi connectivity index (χ1) is 7.22. The number of nitrogens with one attached hydrogen (secondary N) is 1. The van der Waals surface area contributed by atoms with Crippen LogP contribution in [0.15, 0.2) is 18.3 Å². The van der Waals surface area contributed by atoms with Crippen LogP contribution in [0.4, 0.5) is 11.5 Å². The molecule has 4 N–H and O–H groups in total. The lowest BCUT2D eigenvalue weighted by Gasteiger charge is -2.10. The van der Waals surface area contributed by atoms with Gasteiger partial charge >= 0.3 is 0 Å². The number of aromatic nitrogens is 1. The molecule has 84 valence electrons. The molecule has 1 aromatic heterocycles. The first kappa shape index (κ1) is 11.7. The van der Waals surface area contributed by atoms with Crippen molar-refractivity contribution in [1.82, 2.24) is 4.98 Å². The van der Waals surface area contributed by atoms with Gasteiger partial charge in [0.1, 0.15) is 5.82 Å². The summed E-state index contributed by atoms with van der Waals surface area (Å²) in [5.74, 6) is 0.758. The normalized spacial score (nSPS) is 12.4. The van der Waals surface area contributed by atoms with Crippen LogP contribution in [-0.2, 0) is 4.74 Å². The molecule has 1 atom stereocenters. The van der Waals surface area contributed by atoms with Crippen LogP contribution in [-0.4, -0.2) is 36.5 Å². The molecule has 1 aromatic rings. The lowest BCUT2D eigenvalue weighted by Crippen LogP contribution is -2.18. The predicted molar refractivity (Wildman–Crippen MR) is 59.6 cm³/mol. The number of methoxy groups -OCH3 is 1. The summed E-state index contributed by atoms with van der Waals surface area (Å²) >= 11 is 0. The molecule has 0 radical (unpaired) electrons. The van der Waals surface area contributed by atoms with Crippen molar-refractivity contribution < 1.29 is 9.84 Å². The first-order valence-corrected chi connectivity index (χ1v) is 4.85. The average Bonchev–Trinajstić information content (AvgIpc) is 2.21. The zero-order valence-corrected chi connectivity index (χ0v) is 8.81. The second-order valence-corrected chi connectivity index (χ2v) is 3.30. The standard InChI is InChI=1S/C10H17N3O2/c1-15-7-9(14)4-5-12-10-3-2-8(11)6-13-10/h2-3,6,9,14H,4-5,7,11H2,1H3,(H,12,13). The van der Waals surface area contributed by atoms with Crippen molar-refractivity contribution in [2.75, 3.05) is 31.3 Å². The van der Waals surface area contributed by atoms with Crippen LogP contribution < -0.4 is 11.1 Å². The maximum absolute atomic E-state index is 9.37. The molecule has 0 aliphatic heterocycles. The second kappa shape index (κ2) is 6.21. The number of ether oxygens (including phenoxy) is 1. The van der Waals surface area contributed by atoms with Gasteiger partial charge in [0, 0.05) is 13.7 Å². The Hall–Kier alpha value is -1.33. The first-order valence-electron chi connectivity index (χ1n) is 4.85. The maximum atomic E-state index is 9.37. The lowest BCUT2D eigenvalue weighted by atomic mass is 10.2. The van der Waals surface area contributed by atoms with E-state index in [1.807, 2.05) is 0 Å². The van der Waals surface area contributed by atoms with E-state index < -0.39 is 6.10 Å². The largest absolute Gasteiger partial charge is 0.397 e. The van der Waals surface area contributed by atoms with Gasteiger partial charge in [0.25, 0.3) is 0 Å². The monoisotopic (exact) mass is 211 g/mol. The molecule has 0 aliphatic rings. The van der Waals surface area contributed by atoms with Gasteiger partial charge in [0.15, 0.2) is 0 Å². The molecular formula is C10H17N3O2. The molecule has 0 amide bonds. The summed E-state index contributed by atoms with van der Waals surface area (Å²) in [6.07, 6.45) is 1.78. The van der Waals surface area contributed by atoms with Gasteiger partial charge in [-0.25, -0.2) is 4.98 Å². The fraction of sp³-hybridized carbons (Fsp3) is 0.500. The van der Waals surface area contributed by atoms with E-state index in [0.29, 0.717) is 25.3 Å². The minimum absolute atomic E-state index is 0.358. The van der Waals surface area contributed by atoms with Crippen LogP contribution in [0.25, 0.3) is 0 Å². The summed E-state index contributed by atoms with van der Waals surface area (Å²) in [6, 6.07) is 3.58. The minimum atomic E-state index is -0.434. The van der Waals surface area contributed by atoms with Crippen LogP contribution in [0.5, 0.6) is 0 Å². The number of rotatable bonds is 6. The number of aliphatic hydroxyl groups is 1. The zero-order chi connectivity index (χ0) is 11.1. The Morgan fingerprint density at radius 2 is 2.40 bits per heavy atom. The highest BCUT2D eigenvalue weighted by Gasteiger charge is 2.02. The van der Waals surface area contributed by atoms with Crippen molar-refractivity contribution in [3.05, 3.63) is 18.3 Å². The highest BCUT2D eigenvalue weighted by Crippen LogP contribution is 2.05. The Kier molecular flexibility index (Phi) is 4.86. The molecule has 0 saturated heterocycles. The Balaban J connectivity index is 2.22. The number of aliphatic hydroxyl groups excluding tert-OH is 1. The Labute approximate surface area is 89.3 Å². The number of hydrogen-bond donors (Lipinski definition) is 3. The molecular weight excluding hydrogens is 194 g/mol. The number of anilines is 2. The molecule has 0 aliphatic carbocycles. The molecule has 5 heteroatoms. The molecule has 0 saturated carbocycles. The quantitative estimate of drug-likeness (QED) is 0.637. The van der Waals surface area contributed by atoms with E-state index in [9.17, 15) is 5.11 Å². The van der Waals surface area contributed by atoms with Crippen LogP contribution in [0.2, 0.25) is 0 Å². The SMILES string of the molecule is COCC(O)CCNc1ccc(N)cn1. The molecule has 1 rings (SSSR count). The molecule has 0 fully saturated rings. The molecule has 0 spiro atoms. The van der Waals surface area contributed by atoms with Crippen molar-refractivity contribution in [3.8, 4) is 0 Å². The van der Waals surface area contributed by atoms with E-state index in [1.165, 1.54) is 0 Å². The van der Waals surface area contributed by atoms with E-state index in [-0.39, 0.29) is 0 Å². The van der Waals surface area contributed by atoms with Crippen molar-refractivity contribution in [1.29, 1.82) is 0 Å². The van der Waals surface area contributed by atoms with Gasteiger partial charge in [-0.15, -0.1) is 0 Å². The zero-order valence-electron chi connectivity index (χ0n) is 8.81. The van der Waals surface area contributed by atoms with E-state index in [4.69, 9.17) is 10.5 Å². The third-order valence-corrected chi connectivity index (χ3v) is 1.93. The number of nitrogen functional groups attached to an aromatic ring is 1. The third-order valence-electron chi connectivity index (χ3n) is 1.93. The molecule has 0 bridgehead atoms. The molecule has 1 unspecified atom stereocenters. The fourth-order valence-electron chi connectivity index (χ4n) is 1.15. The maximum Gasteiger partial charge on any atom is 0.126 e. The Morgan fingerprint density at radius 3 is 3.00 bits per heavy atom. The predicted octanol–water partition coefficient (Wildman–Crippen LogP) is 0.473. The number of nitrogens with two attached hydrogens (primary N) is 1. The van der Waals surface area contributed by atoms with E-state index in [1.54, 1.807) is 25.4 Å². The smallest absolute Gasteiger partial charge is 0.126 e. The number of hydrogen-bond acceptors (Lipinski definition) is 5. The molecule has 5 nitrogen and oxygen atoms in total. The minimum Gasteiger partial charge on any atom is -0.397 e. The van der Waals surface area contributed by atoms with E-state index >= 15 is 0 Å². The van der Waals surface area contributed by atoms with Crippen molar-refractivity contribution >= 4 is 11.5 Å².